The summed E-state index contributed by atoms with van der Waals surface area (Å²) in [6.07, 6.45) is 0.742. The number of anilines is 1. The lowest BCUT2D eigenvalue weighted by molar-refractivity contribution is 0.0507. The fourth-order valence-electron chi connectivity index (χ4n) is 4.53. The molecular weight excluding hydrogens is 528 g/mol. The highest BCUT2D eigenvalue weighted by molar-refractivity contribution is 7.92. The highest BCUT2D eigenvalue weighted by Crippen LogP contribution is 2.31. The molecule has 0 radical (unpaired) electrons. The van der Waals surface area contributed by atoms with Crippen molar-refractivity contribution in [3.8, 4) is 11.1 Å². The van der Waals surface area contributed by atoms with Crippen molar-refractivity contribution in [3.05, 3.63) is 94.9 Å². The number of aromatic nitrogens is 3. The van der Waals surface area contributed by atoms with Crippen molar-refractivity contribution in [3.63, 3.8) is 0 Å². The zero-order valence-corrected chi connectivity index (χ0v) is 23.6. The summed E-state index contributed by atoms with van der Waals surface area (Å²) in [5.41, 5.74) is 5.45. The summed E-state index contributed by atoms with van der Waals surface area (Å²) in [5.74, 6) is 0.504. The number of esters is 1. The number of nitrogens with zero attached hydrogens (tertiary/aromatic N) is 3. The van der Waals surface area contributed by atoms with Gasteiger partial charge in [0.05, 0.1) is 33.8 Å². The summed E-state index contributed by atoms with van der Waals surface area (Å²) < 4.78 is 41.7. The normalized spacial score (nSPS) is 11.6. The van der Waals surface area contributed by atoms with Gasteiger partial charge in [-0.05, 0) is 56.5 Å². The summed E-state index contributed by atoms with van der Waals surface area (Å²) in [6, 6.07) is 19.9. The minimum absolute atomic E-state index is 0.100. The molecule has 0 unspecified atom stereocenters. The average Bonchev–Trinajstić information content (AvgIpc) is 3.44. The summed E-state index contributed by atoms with van der Waals surface area (Å²) in [6.45, 7) is 8.19. The molecule has 0 aliphatic rings. The molecule has 0 saturated carbocycles. The van der Waals surface area contributed by atoms with Crippen LogP contribution in [0, 0.1) is 20.8 Å². The predicted molar refractivity (Wildman–Crippen MR) is 153 cm³/mol. The van der Waals surface area contributed by atoms with Crippen LogP contribution in [0.1, 0.15) is 46.3 Å². The molecular formula is C30H30N4O5S. The smallest absolute Gasteiger partial charge is 0.340 e. The second-order valence-electron chi connectivity index (χ2n) is 9.58. The van der Waals surface area contributed by atoms with E-state index in [0.717, 1.165) is 34.4 Å². The summed E-state index contributed by atoms with van der Waals surface area (Å²) in [5, 5.41) is 3.83. The Bertz CT molecular complexity index is 1800. The molecule has 2 heterocycles. The van der Waals surface area contributed by atoms with Gasteiger partial charge in [-0.3, -0.25) is 0 Å². The number of ether oxygens (including phenoxy) is 1. The number of carbonyl (C=O) groups excluding carboxylic acids is 1. The molecule has 0 amide bonds. The van der Waals surface area contributed by atoms with E-state index in [1.165, 1.54) is 0 Å². The van der Waals surface area contributed by atoms with E-state index >= 15 is 0 Å². The van der Waals surface area contributed by atoms with E-state index in [2.05, 4.69) is 14.9 Å². The van der Waals surface area contributed by atoms with E-state index < -0.39 is 10.0 Å². The minimum atomic E-state index is -3.94. The first kappa shape index (κ1) is 27.1. The molecule has 0 atom stereocenters. The van der Waals surface area contributed by atoms with Gasteiger partial charge in [0.15, 0.2) is 0 Å². The standard InChI is InChI=1S/C30H30N4O5S/c1-5-17-38-30(35)25-10-8-11-26-28(25)34(21(4)31-26)18-22-13-15-23(16-14-22)24-9-6-7-12-27(24)40(36,37)33-29-19(2)20(3)32-39-29/h6-16,33H,5,17-18H2,1-4H3. The Morgan fingerprint density at radius 2 is 1.75 bits per heavy atom. The molecule has 10 heteroatoms. The third-order valence-corrected chi connectivity index (χ3v) is 8.17. The summed E-state index contributed by atoms with van der Waals surface area (Å²) in [4.78, 5) is 17.5. The van der Waals surface area contributed by atoms with Gasteiger partial charge in [-0.25, -0.2) is 22.9 Å². The van der Waals surface area contributed by atoms with Crippen LogP contribution in [0.25, 0.3) is 22.2 Å². The zero-order chi connectivity index (χ0) is 28.4. The topological polar surface area (TPSA) is 116 Å². The van der Waals surface area contributed by atoms with Crippen molar-refractivity contribution in [2.45, 2.75) is 45.6 Å². The van der Waals surface area contributed by atoms with E-state index in [4.69, 9.17) is 9.26 Å². The molecule has 206 valence electrons. The van der Waals surface area contributed by atoms with Crippen molar-refractivity contribution < 1.29 is 22.5 Å². The van der Waals surface area contributed by atoms with Crippen LogP contribution in [0.15, 0.2) is 76.1 Å². The fourth-order valence-corrected chi connectivity index (χ4v) is 5.81. The molecule has 9 nitrogen and oxygen atoms in total. The third-order valence-electron chi connectivity index (χ3n) is 6.78. The number of imidazole rings is 1. The Hall–Kier alpha value is -4.44. The lowest BCUT2D eigenvalue weighted by Crippen LogP contribution is -2.14. The van der Waals surface area contributed by atoms with E-state index in [9.17, 15) is 13.2 Å². The third kappa shape index (κ3) is 5.22. The van der Waals surface area contributed by atoms with Crippen molar-refractivity contribution >= 4 is 32.9 Å². The highest BCUT2D eigenvalue weighted by Gasteiger charge is 2.23. The van der Waals surface area contributed by atoms with Gasteiger partial charge >= 0.3 is 5.97 Å². The highest BCUT2D eigenvalue weighted by atomic mass is 32.2. The van der Waals surface area contributed by atoms with Crippen LogP contribution in [0.3, 0.4) is 0 Å². The number of aryl methyl sites for hydroxylation is 2. The fraction of sp³-hybridized carbons (Fsp3) is 0.233. The number of rotatable bonds is 9. The molecule has 2 aromatic heterocycles. The largest absolute Gasteiger partial charge is 0.462 e. The Labute approximate surface area is 232 Å². The van der Waals surface area contributed by atoms with Crippen LogP contribution < -0.4 is 4.72 Å². The first-order chi connectivity index (χ1) is 19.2. The monoisotopic (exact) mass is 558 g/mol. The number of carbonyl (C=O) groups is 1. The van der Waals surface area contributed by atoms with Crippen molar-refractivity contribution in [1.82, 2.24) is 14.7 Å². The Balaban J connectivity index is 1.45. The molecule has 0 spiro atoms. The maximum Gasteiger partial charge on any atom is 0.340 e. The van der Waals surface area contributed by atoms with Crippen LogP contribution in [-0.2, 0) is 21.3 Å². The second kappa shape index (κ2) is 11.0. The van der Waals surface area contributed by atoms with Gasteiger partial charge < -0.3 is 13.8 Å². The molecule has 0 saturated heterocycles. The SMILES string of the molecule is CCCOC(=O)c1cccc2nc(C)n(Cc3ccc(-c4ccccc4S(=O)(=O)Nc4onc(C)c4C)cc3)c12. The Morgan fingerprint density at radius 3 is 2.45 bits per heavy atom. The number of hydrogen-bond donors (Lipinski definition) is 1. The first-order valence-electron chi connectivity index (χ1n) is 13.0. The van der Waals surface area contributed by atoms with E-state index in [1.54, 1.807) is 44.2 Å². The second-order valence-corrected chi connectivity index (χ2v) is 11.2. The number of hydrogen-bond acceptors (Lipinski definition) is 7. The van der Waals surface area contributed by atoms with Crippen LogP contribution in [0.4, 0.5) is 5.88 Å². The maximum atomic E-state index is 13.3. The maximum absolute atomic E-state index is 13.3. The molecule has 0 fully saturated rings. The lowest BCUT2D eigenvalue weighted by atomic mass is 10.0. The van der Waals surface area contributed by atoms with Gasteiger partial charge in [0.25, 0.3) is 10.0 Å². The van der Waals surface area contributed by atoms with Crippen LogP contribution in [0.2, 0.25) is 0 Å². The molecule has 40 heavy (non-hydrogen) atoms. The number of nitrogens with one attached hydrogen (secondary N) is 1. The molecule has 1 N–H and O–H groups in total. The molecule has 0 aliphatic heterocycles. The Kier molecular flexibility index (Phi) is 7.44. The van der Waals surface area contributed by atoms with Crippen LogP contribution in [-0.4, -0.2) is 35.7 Å². The van der Waals surface area contributed by atoms with E-state index in [0.29, 0.717) is 35.5 Å². The van der Waals surface area contributed by atoms with Gasteiger partial charge in [0.2, 0.25) is 5.88 Å². The minimum Gasteiger partial charge on any atom is -0.462 e. The molecule has 5 rings (SSSR count). The Morgan fingerprint density at radius 1 is 1.00 bits per heavy atom. The summed E-state index contributed by atoms with van der Waals surface area (Å²) in [7, 11) is -3.94. The van der Waals surface area contributed by atoms with Crippen LogP contribution in [0.5, 0.6) is 0 Å². The van der Waals surface area contributed by atoms with Crippen molar-refractivity contribution in [2.75, 3.05) is 11.3 Å². The van der Waals surface area contributed by atoms with E-state index in [-0.39, 0.29) is 16.7 Å². The molecule has 3 aromatic carbocycles. The van der Waals surface area contributed by atoms with Gasteiger partial charge in [0.1, 0.15) is 5.82 Å². The lowest BCUT2D eigenvalue weighted by Gasteiger charge is -2.13. The van der Waals surface area contributed by atoms with Crippen molar-refractivity contribution in [1.29, 1.82) is 0 Å². The average molecular weight is 559 g/mol. The first-order valence-corrected chi connectivity index (χ1v) is 14.4. The quantitative estimate of drug-likeness (QED) is 0.220. The number of fused-ring (bicyclic) bond motifs is 1. The number of benzene rings is 3. The summed E-state index contributed by atoms with van der Waals surface area (Å²) >= 11 is 0. The molecule has 0 bridgehead atoms. The number of sulfonamides is 1. The molecule has 5 aromatic rings. The van der Waals surface area contributed by atoms with Crippen molar-refractivity contribution in [2.24, 2.45) is 0 Å². The van der Waals surface area contributed by atoms with Gasteiger partial charge in [-0.2, -0.15) is 0 Å². The van der Waals surface area contributed by atoms with E-state index in [1.807, 2.05) is 54.8 Å². The molecule has 0 aliphatic carbocycles. The van der Waals surface area contributed by atoms with Gasteiger partial charge in [-0.1, -0.05) is 60.6 Å². The number of para-hydroxylation sites is 1. The van der Waals surface area contributed by atoms with Gasteiger partial charge in [0, 0.05) is 17.7 Å². The predicted octanol–water partition coefficient (Wildman–Crippen LogP) is 6.03. The van der Waals surface area contributed by atoms with Crippen LogP contribution >= 0.6 is 0 Å². The zero-order valence-electron chi connectivity index (χ0n) is 22.8. The van der Waals surface area contributed by atoms with Gasteiger partial charge in [-0.15, -0.1) is 0 Å².